The number of aromatic nitrogens is 2. The average Bonchev–Trinajstić information content (AvgIpc) is 2.80. The largest absolute Gasteiger partial charge is 0.491 e. The van der Waals surface area contributed by atoms with E-state index in [9.17, 15) is 4.79 Å². The van der Waals surface area contributed by atoms with Crippen molar-refractivity contribution >= 4 is 5.91 Å². The summed E-state index contributed by atoms with van der Waals surface area (Å²) in [5.74, 6) is 1.11. The molecule has 0 aliphatic carbocycles. The number of nitrogens with zero attached hydrogens (tertiary/aromatic N) is 2. The number of amides is 1. The van der Waals surface area contributed by atoms with Crippen LogP contribution in [0, 0.1) is 0 Å². The van der Waals surface area contributed by atoms with Gasteiger partial charge in [-0.05, 0) is 23.8 Å². The molecule has 2 aromatic heterocycles. The lowest BCUT2D eigenvalue weighted by Gasteiger charge is -2.28. The van der Waals surface area contributed by atoms with E-state index < -0.39 is 0 Å². The Bertz CT molecular complexity index is 993. The summed E-state index contributed by atoms with van der Waals surface area (Å²) in [4.78, 5) is 21.1. The molecular formula is C23H23N3O4. The van der Waals surface area contributed by atoms with Gasteiger partial charge in [0.1, 0.15) is 19.0 Å². The number of ether oxygens (including phenoxy) is 3. The first kappa shape index (κ1) is 19.8. The summed E-state index contributed by atoms with van der Waals surface area (Å²) in [5.41, 5.74) is 3.64. The second-order valence-corrected chi connectivity index (χ2v) is 6.94. The first-order chi connectivity index (χ1) is 14.7. The van der Waals surface area contributed by atoms with Crippen LogP contribution in [-0.4, -0.2) is 48.8 Å². The number of hydrogen-bond acceptors (Lipinski definition) is 6. The summed E-state index contributed by atoms with van der Waals surface area (Å²) < 4.78 is 16.3. The average molecular weight is 405 g/mol. The first-order valence-corrected chi connectivity index (χ1v) is 9.78. The van der Waals surface area contributed by atoms with Crippen LogP contribution < -0.4 is 14.8 Å². The van der Waals surface area contributed by atoms with E-state index in [0.29, 0.717) is 37.7 Å². The molecule has 1 N–H and O–H groups in total. The fourth-order valence-electron chi connectivity index (χ4n) is 3.39. The molecule has 1 aromatic carbocycles. The van der Waals surface area contributed by atoms with Crippen molar-refractivity contribution in [1.29, 1.82) is 0 Å². The zero-order chi connectivity index (χ0) is 20.8. The molecule has 30 heavy (non-hydrogen) atoms. The highest BCUT2D eigenvalue weighted by atomic mass is 16.5. The minimum atomic E-state index is -0.193. The van der Waals surface area contributed by atoms with Gasteiger partial charge >= 0.3 is 0 Å². The summed E-state index contributed by atoms with van der Waals surface area (Å²) in [6.07, 6.45) is 5.77. The second-order valence-electron chi connectivity index (χ2n) is 6.94. The third-order valence-electron chi connectivity index (χ3n) is 4.87. The molecule has 0 spiro atoms. The molecule has 0 saturated carbocycles. The Morgan fingerprint density at radius 2 is 2.10 bits per heavy atom. The van der Waals surface area contributed by atoms with Crippen LogP contribution in [0.5, 0.6) is 11.6 Å². The van der Waals surface area contributed by atoms with Crippen LogP contribution in [0.3, 0.4) is 0 Å². The molecule has 1 amide bonds. The number of pyridine rings is 2. The van der Waals surface area contributed by atoms with Gasteiger partial charge < -0.3 is 19.5 Å². The minimum absolute atomic E-state index is 0.138. The third-order valence-corrected chi connectivity index (χ3v) is 4.87. The SMILES string of the molecule is COCCOc1ccc(C(=O)N[C@@H]2COc3cccc(-c4cccnc4)c3C2)cn1. The lowest BCUT2D eigenvalue weighted by atomic mass is 9.93. The summed E-state index contributed by atoms with van der Waals surface area (Å²) in [6.45, 7) is 1.31. The predicted octanol–water partition coefficient (Wildman–Crippen LogP) is 2.90. The molecule has 1 atom stereocenters. The monoisotopic (exact) mass is 405 g/mol. The van der Waals surface area contributed by atoms with Gasteiger partial charge in [-0.3, -0.25) is 9.78 Å². The van der Waals surface area contributed by atoms with Gasteiger partial charge in [-0.2, -0.15) is 0 Å². The maximum Gasteiger partial charge on any atom is 0.253 e. The maximum atomic E-state index is 12.7. The highest BCUT2D eigenvalue weighted by molar-refractivity contribution is 5.94. The van der Waals surface area contributed by atoms with Gasteiger partial charge in [-0.1, -0.05) is 18.2 Å². The first-order valence-electron chi connectivity index (χ1n) is 9.78. The van der Waals surface area contributed by atoms with Gasteiger partial charge in [0.25, 0.3) is 5.91 Å². The Kier molecular flexibility index (Phi) is 6.20. The molecule has 154 valence electrons. The van der Waals surface area contributed by atoms with Crippen molar-refractivity contribution in [2.45, 2.75) is 12.5 Å². The van der Waals surface area contributed by atoms with Crippen LogP contribution in [0.15, 0.2) is 61.1 Å². The molecule has 0 fully saturated rings. The maximum absolute atomic E-state index is 12.7. The molecule has 0 radical (unpaired) electrons. The summed E-state index contributed by atoms with van der Waals surface area (Å²) >= 11 is 0. The quantitative estimate of drug-likeness (QED) is 0.609. The molecule has 0 unspecified atom stereocenters. The zero-order valence-corrected chi connectivity index (χ0v) is 16.7. The number of benzene rings is 1. The number of fused-ring (bicyclic) bond motifs is 1. The van der Waals surface area contributed by atoms with Crippen molar-refractivity contribution in [3.63, 3.8) is 0 Å². The lowest BCUT2D eigenvalue weighted by Crippen LogP contribution is -2.42. The van der Waals surface area contributed by atoms with Gasteiger partial charge in [0.05, 0.1) is 18.2 Å². The molecule has 0 saturated heterocycles. The van der Waals surface area contributed by atoms with E-state index in [2.05, 4.69) is 21.4 Å². The molecule has 3 heterocycles. The molecule has 4 rings (SSSR count). The highest BCUT2D eigenvalue weighted by Gasteiger charge is 2.24. The molecule has 1 aliphatic heterocycles. The topological polar surface area (TPSA) is 82.6 Å². The second kappa shape index (κ2) is 9.37. The van der Waals surface area contributed by atoms with Crippen LogP contribution in [0.25, 0.3) is 11.1 Å². The van der Waals surface area contributed by atoms with Crippen molar-refractivity contribution in [2.75, 3.05) is 26.9 Å². The van der Waals surface area contributed by atoms with E-state index in [1.807, 2.05) is 30.5 Å². The molecule has 7 heteroatoms. The molecular weight excluding hydrogens is 382 g/mol. The lowest BCUT2D eigenvalue weighted by molar-refractivity contribution is 0.0915. The Labute approximate surface area is 175 Å². The third kappa shape index (κ3) is 4.58. The molecule has 7 nitrogen and oxygen atoms in total. The Morgan fingerprint density at radius 3 is 2.87 bits per heavy atom. The standard InChI is InChI=1S/C23H23N3O4/c1-28-10-11-29-22-8-7-17(14-25-22)23(27)26-18-12-20-19(16-4-3-9-24-13-16)5-2-6-21(20)30-15-18/h2-9,13-14,18H,10-12,15H2,1H3,(H,26,27)/t18-/m0/s1. The van der Waals surface area contributed by atoms with E-state index in [1.165, 1.54) is 6.20 Å². The van der Waals surface area contributed by atoms with E-state index in [-0.39, 0.29) is 11.9 Å². The fourth-order valence-corrected chi connectivity index (χ4v) is 3.39. The molecule has 1 aliphatic rings. The van der Waals surface area contributed by atoms with Gasteiger partial charge in [-0.15, -0.1) is 0 Å². The van der Waals surface area contributed by atoms with E-state index >= 15 is 0 Å². The number of carbonyl (C=O) groups is 1. The van der Waals surface area contributed by atoms with Crippen LogP contribution in [0.1, 0.15) is 15.9 Å². The van der Waals surface area contributed by atoms with Crippen molar-refractivity contribution in [3.05, 3.63) is 72.2 Å². The number of nitrogens with one attached hydrogen (secondary N) is 1. The van der Waals surface area contributed by atoms with Gasteiger partial charge in [-0.25, -0.2) is 4.98 Å². The van der Waals surface area contributed by atoms with Crippen LogP contribution in [-0.2, 0) is 11.2 Å². The van der Waals surface area contributed by atoms with Crippen molar-refractivity contribution in [3.8, 4) is 22.8 Å². The summed E-state index contributed by atoms with van der Waals surface area (Å²) in [7, 11) is 1.61. The molecule has 0 bridgehead atoms. The highest BCUT2D eigenvalue weighted by Crippen LogP contribution is 2.34. The fraction of sp³-hybridized carbons (Fsp3) is 0.261. The zero-order valence-electron chi connectivity index (χ0n) is 16.7. The van der Waals surface area contributed by atoms with Crippen molar-refractivity contribution < 1.29 is 19.0 Å². The van der Waals surface area contributed by atoms with Crippen molar-refractivity contribution in [1.82, 2.24) is 15.3 Å². The van der Waals surface area contributed by atoms with Crippen molar-refractivity contribution in [2.24, 2.45) is 0 Å². The number of carbonyl (C=O) groups excluding carboxylic acids is 1. The number of methoxy groups -OCH3 is 1. The van der Waals surface area contributed by atoms with E-state index in [0.717, 1.165) is 22.4 Å². The Morgan fingerprint density at radius 1 is 1.17 bits per heavy atom. The predicted molar refractivity (Wildman–Crippen MR) is 112 cm³/mol. The van der Waals surface area contributed by atoms with Crippen LogP contribution >= 0.6 is 0 Å². The Hall–Kier alpha value is -3.45. The number of hydrogen-bond donors (Lipinski definition) is 1. The normalized spacial score (nSPS) is 15.0. The van der Waals surface area contributed by atoms with Gasteiger partial charge in [0.2, 0.25) is 5.88 Å². The van der Waals surface area contributed by atoms with E-state index in [4.69, 9.17) is 14.2 Å². The minimum Gasteiger partial charge on any atom is -0.491 e. The smallest absolute Gasteiger partial charge is 0.253 e. The summed E-state index contributed by atoms with van der Waals surface area (Å²) in [5, 5.41) is 3.05. The summed E-state index contributed by atoms with van der Waals surface area (Å²) in [6, 6.07) is 13.2. The van der Waals surface area contributed by atoms with Crippen LogP contribution in [0.2, 0.25) is 0 Å². The van der Waals surface area contributed by atoms with E-state index in [1.54, 1.807) is 25.4 Å². The van der Waals surface area contributed by atoms with Gasteiger partial charge in [0.15, 0.2) is 0 Å². The van der Waals surface area contributed by atoms with Crippen LogP contribution in [0.4, 0.5) is 0 Å². The Balaban J connectivity index is 1.43. The molecule has 3 aromatic rings. The van der Waals surface area contributed by atoms with Gasteiger partial charge in [0, 0.05) is 49.3 Å². The number of rotatable bonds is 7.